The van der Waals surface area contributed by atoms with E-state index >= 15 is 0 Å². The van der Waals surface area contributed by atoms with Gasteiger partial charge in [0.15, 0.2) is 0 Å². The van der Waals surface area contributed by atoms with Crippen LogP contribution in [0.5, 0.6) is 11.5 Å². The molecule has 0 amide bonds. The molecule has 1 aliphatic rings. The molecule has 1 N–H and O–H groups in total. The first-order valence-electron chi connectivity index (χ1n) is 6.31. The standard InChI is InChI=1S/C14H20N2O2/c1-17-12-8-11(9-13(10-12)18-2)14(15)16-6-4-3-5-7-16/h8-10,15H,3-7H2,1-2H3. The van der Waals surface area contributed by atoms with E-state index in [1.54, 1.807) is 14.2 Å². The van der Waals surface area contributed by atoms with Crippen LogP contribution in [0.3, 0.4) is 0 Å². The lowest BCUT2D eigenvalue weighted by Gasteiger charge is -2.29. The van der Waals surface area contributed by atoms with Crippen molar-refractivity contribution in [3.05, 3.63) is 23.8 Å². The van der Waals surface area contributed by atoms with Crippen LogP contribution in [0.15, 0.2) is 18.2 Å². The van der Waals surface area contributed by atoms with Crippen LogP contribution in [0.1, 0.15) is 24.8 Å². The van der Waals surface area contributed by atoms with Crippen LogP contribution >= 0.6 is 0 Å². The van der Waals surface area contributed by atoms with Crippen molar-refractivity contribution in [2.45, 2.75) is 19.3 Å². The zero-order chi connectivity index (χ0) is 13.0. The fourth-order valence-electron chi connectivity index (χ4n) is 2.24. The summed E-state index contributed by atoms with van der Waals surface area (Å²) < 4.78 is 10.5. The van der Waals surface area contributed by atoms with Crippen molar-refractivity contribution < 1.29 is 9.47 Å². The Hall–Kier alpha value is -1.71. The van der Waals surface area contributed by atoms with Crippen LogP contribution in [0.25, 0.3) is 0 Å². The number of hydrogen-bond donors (Lipinski definition) is 1. The summed E-state index contributed by atoms with van der Waals surface area (Å²) in [6.45, 7) is 1.94. The molecule has 2 rings (SSSR count). The second kappa shape index (κ2) is 5.76. The van der Waals surface area contributed by atoms with Gasteiger partial charge in [-0.3, -0.25) is 5.41 Å². The molecule has 1 aromatic rings. The molecule has 4 nitrogen and oxygen atoms in total. The van der Waals surface area contributed by atoms with E-state index in [1.165, 1.54) is 19.3 Å². The third-order valence-electron chi connectivity index (χ3n) is 3.30. The molecule has 0 bridgehead atoms. The Bertz CT molecular complexity index is 404. The number of nitrogens with zero attached hydrogens (tertiary/aromatic N) is 1. The second-order valence-electron chi connectivity index (χ2n) is 4.50. The molecule has 0 atom stereocenters. The number of benzene rings is 1. The summed E-state index contributed by atoms with van der Waals surface area (Å²) in [4.78, 5) is 2.12. The first-order valence-corrected chi connectivity index (χ1v) is 6.31. The molecule has 1 heterocycles. The van der Waals surface area contributed by atoms with E-state index in [9.17, 15) is 0 Å². The van der Waals surface area contributed by atoms with Crippen LogP contribution in [-0.2, 0) is 0 Å². The summed E-state index contributed by atoms with van der Waals surface area (Å²) >= 11 is 0. The van der Waals surface area contributed by atoms with Crippen LogP contribution in [-0.4, -0.2) is 38.0 Å². The normalized spacial score (nSPS) is 15.3. The average Bonchev–Trinajstić information content (AvgIpc) is 2.46. The van der Waals surface area contributed by atoms with Gasteiger partial charge in [0.1, 0.15) is 17.3 Å². The topological polar surface area (TPSA) is 45.6 Å². The second-order valence-corrected chi connectivity index (χ2v) is 4.50. The lowest BCUT2D eigenvalue weighted by molar-refractivity contribution is 0.340. The van der Waals surface area contributed by atoms with E-state index in [4.69, 9.17) is 14.9 Å². The first kappa shape index (κ1) is 12.7. The van der Waals surface area contributed by atoms with Gasteiger partial charge >= 0.3 is 0 Å². The van der Waals surface area contributed by atoms with E-state index in [-0.39, 0.29) is 0 Å². The average molecular weight is 248 g/mol. The SMILES string of the molecule is COc1cc(OC)cc(C(=N)N2CCCCC2)c1. The largest absolute Gasteiger partial charge is 0.497 e. The number of amidine groups is 1. The van der Waals surface area contributed by atoms with Crippen molar-refractivity contribution in [1.82, 2.24) is 4.90 Å². The Labute approximate surface area is 108 Å². The molecule has 4 heteroatoms. The molecule has 0 radical (unpaired) electrons. The van der Waals surface area contributed by atoms with Gasteiger partial charge in [0.05, 0.1) is 14.2 Å². The summed E-state index contributed by atoms with van der Waals surface area (Å²) in [6, 6.07) is 5.60. The minimum Gasteiger partial charge on any atom is -0.497 e. The minimum absolute atomic E-state index is 0.562. The quantitative estimate of drug-likeness (QED) is 0.660. The molecule has 1 fully saturated rings. The summed E-state index contributed by atoms with van der Waals surface area (Å²) in [5, 5.41) is 8.28. The molecule has 0 aromatic heterocycles. The van der Waals surface area contributed by atoms with Crippen molar-refractivity contribution in [1.29, 1.82) is 5.41 Å². The third kappa shape index (κ3) is 2.75. The van der Waals surface area contributed by atoms with Gasteiger partial charge in [-0.25, -0.2) is 0 Å². The van der Waals surface area contributed by atoms with Gasteiger partial charge in [0.2, 0.25) is 0 Å². The molecular weight excluding hydrogens is 228 g/mol. The van der Waals surface area contributed by atoms with Gasteiger partial charge in [-0.2, -0.15) is 0 Å². The van der Waals surface area contributed by atoms with Crippen LogP contribution in [0.2, 0.25) is 0 Å². The van der Waals surface area contributed by atoms with Crippen molar-refractivity contribution in [3.63, 3.8) is 0 Å². The number of hydrogen-bond acceptors (Lipinski definition) is 3. The van der Waals surface area contributed by atoms with Crippen LogP contribution in [0.4, 0.5) is 0 Å². The van der Waals surface area contributed by atoms with Gasteiger partial charge < -0.3 is 14.4 Å². The molecule has 18 heavy (non-hydrogen) atoms. The molecule has 1 aromatic carbocycles. The molecular formula is C14H20N2O2. The van der Waals surface area contributed by atoms with Crippen molar-refractivity contribution >= 4 is 5.84 Å². The summed E-state index contributed by atoms with van der Waals surface area (Å²) in [5.41, 5.74) is 0.855. The maximum absolute atomic E-state index is 8.28. The Kier molecular flexibility index (Phi) is 4.07. The number of ether oxygens (including phenoxy) is 2. The van der Waals surface area contributed by atoms with Gasteiger partial charge in [0.25, 0.3) is 0 Å². The van der Waals surface area contributed by atoms with Gasteiger partial charge in [-0.05, 0) is 31.4 Å². The van der Waals surface area contributed by atoms with Crippen molar-refractivity contribution in [2.75, 3.05) is 27.3 Å². The number of methoxy groups -OCH3 is 2. The lowest BCUT2D eigenvalue weighted by Crippen LogP contribution is -2.35. The van der Waals surface area contributed by atoms with E-state index in [1.807, 2.05) is 18.2 Å². The zero-order valence-corrected chi connectivity index (χ0v) is 11.0. The van der Waals surface area contributed by atoms with E-state index in [2.05, 4.69) is 4.90 Å². The zero-order valence-electron chi connectivity index (χ0n) is 11.0. The number of nitrogens with one attached hydrogen (secondary N) is 1. The molecule has 0 saturated carbocycles. The van der Waals surface area contributed by atoms with E-state index in [0.29, 0.717) is 5.84 Å². The molecule has 1 aliphatic heterocycles. The number of rotatable bonds is 3. The Morgan fingerprint density at radius 2 is 1.56 bits per heavy atom. The highest BCUT2D eigenvalue weighted by atomic mass is 16.5. The number of likely N-dealkylation sites (tertiary alicyclic amines) is 1. The van der Waals surface area contributed by atoms with Crippen LogP contribution in [0, 0.1) is 5.41 Å². The van der Waals surface area contributed by atoms with E-state index < -0.39 is 0 Å². The minimum atomic E-state index is 0.562. The Morgan fingerprint density at radius 3 is 2.06 bits per heavy atom. The lowest BCUT2D eigenvalue weighted by atomic mass is 10.1. The van der Waals surface area contributed by atoms with E-state index in [0.717, 1.165) is 30.2 Å². The summed E-state index contributed by atoms with van der Waals surface area (Å²) in [5.74, 6) is 2.02. The highest BCUT2D eigenvalue weighted by Gasteiger charge is 2.16. The maximum Gasteiger partial charge on any atom is 0.128 e. The predicted molar refractivity (Wildman–Crippen MR) is 71.8 cm³/mol. The summed E-state index contributed by atoms with van der Waals surface area (Å²) in [7, 11) is 3.26. The van der Waals surface area contributed by atoms with Gasteiger partial charge in [-0.15, -0.1) is 0 Å². The Balaban J connectivity index is 2.22. The molecule has 0 aliphatic carbocycles. The van der Waals surface area contributed by atoms with Crippen molar-refractivity contribution in [3.8, 4) is 11.5 Å². The predicted octanol–water partition coefficient (Wildman–Crippen LogP) is 2.52. The summed E-state index contributed by atoms with van der Waals surface area (Å²) in [6.07, 6.45) is 3.61. The van der Waals surface area contributed by atoms with Crippen LogP contribution < -0.4 is 9.47 Å². The fourth-order valence-corrected chi connectivity index (χ4v) is 2.24. The first-order chi connectivity index (χ1) is 8.74. The molecule has 0 spiro atoms. The smallest absolute Gasteiger partial charge is 0.128 e. The molecule has 1 saturated heterocycles. The maximum atomic E-state index is 8.28. The fraction of sp³-hybridized carbons (Fsp3) is 0.500. The number of piperidine rings is 1. The highest BCUT2D eigenvalue weighted by molar-refractivity contribution is 5.97. The molecule has 0 unspecified atom stereocenters. The van der Waals surface area contributed by atoms with Crippen molar-refractivity contribution in [2.24, 2.45) is 0 Å². The highest BCUT2D eigenvalue weighted by Crippen LogP contribution is 2.24. The van der Waals surface area contributed by atoms with Gasteiger partial charge in [-0.1, -0.05) is 0 Å². The van der Waals surface area contributed by atoms with Gasteiger partial charge in [0, 0.05) is 24.7 Å². The third-order valence-corrected chi connectivity index (χ3v) is 3.30. The Morgan fingerprint density at radius 1 is 1.00 bits per heavy atom. The molecule has 98 valence electrons. The monoisotopic (exact) mass is 248 g/mol.